The first-order chi connectivity index (χ1) is 11.3. The first kappa shape index (κ1) is 20.2. The number of rotatable bonds is 2. The second-order valence-electron chi connectivity index (χ2n) is 5.84. The number of esters is 1. The number of hydrogen-bond acceptors (Lipinski definition) is 8. The van der Waals surface area contributed by atoms with Crippen molar-refractivity contribution in [2.75, 3.05) is 32.0 Å². The Morgan fingerprint density at radius 3 is 2.71 bits per heavy atom. The smallest absolute Gasteiger partial charge is 0.367 e. The Hall–Kier alpha value is -1.81. The third-order valence-corrected chi connectivity index (χ3v) is 3.98. The summed E-state index contributed by atoms with van der Waals surface area (Å²) < 4.78 is 10.2. The van der Waals surface area contributed by atoms with Crippen LogP contribution >= 0.6 is 11.8 Å². The first-order valence-corrected chi connectivity index (χ1v) is 8.48. The number of amides is 2. The van der Waals surface area contributed by atoms with Gasteiger partial charge in [-0.1, -0.05) is 13.8 Å². The lowest BCUT2D eigenvalue weighted by Crippen LogP contribution is -2.50. The molecule has 24 heavy (non-hydrogen) atoms. The van der Waals surface area contributed by atoms with Gasteiger partial charge in [-0.3, -0.25) is 14.4 Å². The number of carbonyl (C=O) groups excluding carboxylic acids is 4. The molecule has 1 aliphatic rings. The van der Waals surface area contributed by atoms with Crippen LogP contribution in [0, 0.1) is 5.41 Å². The molecule has 0 bridgehead atoms. The van der Waals surface area contributed by atoms with E-state index in [1.165, 1.54) is 0 Å². The fraction of sp³-hybridized carbons (Fsp3) is 0.714. The van der Waals surface area contributed by atoms with Gasteiger partial charge < -0.3 is 25.8 Å². The van der Waals surface area contributed by atoms with E-state index in [0.29, 0.717) is 12.3 Å². The number of cyclic esters (lactones) is 1. The number of ether oxygens (including phenoxy) is 2. The molecule has 4 N–H and O–H groups in total. The Morgan fingerprint density at radius 1 is 1.33 bits per heavy atom. The molecule has 0 aromatic rings. The summed E-state index contributed by atoms with van der Waals surface area (Å²) in [4.78, 5) is 47.1. The van der Waals surface area contributed by atoms with Crippen LogP contribution < -0.4 is 16.4 Å². The molecule has 0 aliphatic carbocycles. The van der Waals surface area contributed by atoms with E-state index in [0.717, 1.165) is 11.8 Å². The maximum Gasteiger partial charge on any atom is 0.367 e. The van der Waals surface area contributed by atoms with Gasteiger partial charge in [-0.25, -0.2) is 4.79 Å². The molecule has 10 heteroatoms. The molecule has 1 saturated heterocycles. The normalized spacial score (nSPS) is 23.3. The van der Waals surface area contributed by atoms with Crippen molar-refractivity contribution in [3.05, 3.63) is 0 Å². The van der Waals surface area contributed by atoms with Crippen LogP contribution in [0.3, 0.4) is 0 Å². The highest BCUT2D eigenvalue weighted by Crippen LogP contribution is 2.25. The van der Waals surface area contributed by atoms with Crippen LogP contribution in [0.2, 0.25) is 0 Å². The van der Waals surface area contributed by atoms with Crippen molar-refractivity contribution in [3.63, 3.8) is 0 Å². The van der Waals surface area contributed by atoms with E-state index in [1.807, 2.05) is 0 Å². The van der Waals surface area contributed by atoms with Gasteiger partial charge in [-0.05, 0) is 11.8 Å². The van der Waals surface area contributed by atoms with E-state index in [1.54, 1.807) is 13.8 Å². The number of carbonyl (C=O) groups is 4. The molecule has 0 spiro atoms. The average Bonchev–Trinajstić information content (AvgIpc) is 2.53. The Kier molecular flexibility index (Phi) is 7.99. The molecule has 1 aliphatic heterocycles. The molecule has 1 heterocycles. The van der Waals surface area contributed by atoms with Gasteiger partial charge in [0.15, 0.2) is 6.10 Å². The summed E-state index contributed by atoms with van der Waals surface area (Å²) in [6, 6.07) is 0. The van der Waals surface area contributed by atoms with Gasteiger partial charge in [0.2, 0.25) is 5.91 Å². The lowest BCUT2D eigenvalue weighted by atomic mass is 9.86. The third-order valence-electron chi connectivity index (χ3n) is 3.22. The molecule has 1 rings (SSSR count). The highest BCUT2D eigenvalue weighted by molar-refractivity contribution is 8.13. The summed E-state index contributed by atoms with van der Waals surface area (Å²) in [5.41, 5.74) is 4.26. The van der Waals surface area contributed by atoms with Crippen LogP contribution in [0.15, 0.2) is 0 Å². The van der Waals surface area contributed by atoms with Crippen molar-refractivity contribution in [1.29, 1.82) is 0 Å². The molecular weight excluding hydrogens is 338 g/mol. The quantitative estimate of drug-likeness (QED) is 0.554. The molecule has 0 aromatic heterocycles. The van der Waals surface area contributed by atoms with Crippen LogP contribution in [0.5, 0.6) is 0 Å². The number of hydrogen-bond donors (Lipinski definition) is 3. The van der Waals surface area contributed by atoms with Crippen molar-refractivity contribution in [2.24, 2.45) is 11.1 Å². The number of nitrogens with two attached hydrogens (primary N) is 1. The number of thioether (sulfide) groups is 1. The maximum absolute atomic E-state index is 12.3. The summed E-state index contributed by atoms with van der Waals surface area (Å²) in [5, 5.41) is 4.64. The topological polar surface area (TPSA) is 137 Å². The van der Waals surface area contributed by atoms with E-state index >= 15 is 0 Å². The lowest BCUT2D eigenvalue weighted by molar-refractivity contribution is -0.163. The van der Waals surface area contributed by atoms with Crippen molar-refractivity contribution in [1.82, 2.24) is 10.6 Å². The van der Waals surface area contributed by atoms with E-state index in [9.17, 15) is 19.2 Å². The van der Waals surface area contributed by atoms with Crippen molar-refractivity contribution < 1.29 is 28.7 Å². The van der Waals surface area contributed by atoms with Gasteiger partial charge in [0.05, 0.1) is 6.54 Å². The van der Waals surface area contributed by atoms with E-state index in [2.05, 4.69) is 10.6 Å². The van der Waals surface area contributed by atoms with Gasteiger partial charge in [-0.2, -0.15) is 0 Å². The van der Waals surface area contributed by atoms with Gasteiger partial charge in [0.25, 0.3) is 5.91 Å². The minimum absolute atomic E-state index is 0.0822. The zero-order chi connectivity index (χ0) is 18.2. The minimum atomic E-state index is -1.20. The Bertz CT molecular complexity index is 497. The molecule has 0 unspecified atom stereocenters. The molecule has 0 radical (unpaired) electrons. The van der Waals surface area contributed by atoms with Crippen LogP contribution in [0.1, 0.15) is 20.3 Å². The van der Waals surface area contributed by atoms with Crippen LogP contribution in [0.25, 0.3) is 0 Å². The fourth-order valence-electron chi connectivity index (χ4n) is 1.91. The van der Waals surface area contributed by atoms with E-state index in [4.69, 9.17) is 15.2 Å². The molecular formula is C14H23N3O6S. The minimum Gasteiger partial charge on any atom is -0.457 e. The zero-order valence-electron chi connectivity index (χ0n) is 13.8. The Morgan fingerprint density at radius 2 is 2.04 bits per heavy atom. The fourth-order valence-corrected chi connectivity index (χ4v) is 2.43. The monoisotopic (exact) mass is 361 g/mol. The van der Waals surface area contributed by atoms with Gasteiger partial charge >= 0.3 is 11.3 Å². The van der Waals surface area contributed by atoms with Gasteiger partial charge in [0, 0.05) is 30.7 Å². The summed E-state index contributed by atoms with van der Waals surface area (Å²) >= 11 is 0.922. The van der Waals surface area contributed by atoms with Crippen molar-refractivity contribution in [2.45, 2.75) is 26.4 Å². The standard InChI is InChI=1S/C14H23N3O6S/c1-14(2)8-22-13(21)24-6-5-16-9(18)3-4-17-12(20)11(14)23-10(19)7-15/h11H,3-8,15H2,1-2H3,(H,16,18)(H,17,20)/t11-/m0/s1. The van der Waals surface area contributed by atoms with Crippen LogP contribution in [-0.4, -0.2) is 61.2 Å². The molecule has 0 aromatic carbocycles. The highest BCUT2D eigenvalue weighted by Gasteiger charge is 2.39. The molecule has 1 atom stereocenters. The molecule has 1 fully saturated rings. The zero-order valence-corrected chi connectivity index (χ0v) is 14.6. The maximum atomic E-state index is 12.3. The van der Waals surface area contributed by atoms with Crippen LogP contribution in [0.4, 0.5) is 4.79 Å². The summed E-state index contributed by atoms with van der Waals surface area (Å²) in [5.74, 6) is -1.20. The predicted octanol–water partition coefficient (Wildman–Crippen LogP) is -0.611. The third kappa shape index (κ3) is 6.75. The summed E-state index contributed by atoms with van der Waals surface area (Å²) in [7, 11) is 0. The Balaban J connectivity index is 2.89. The molecule has 2 amide bonds. The Labute approximate surface area is 144 Å². The number of nitrogens with one attached hydrogen (secondary N) is 2. The second-order valence-corrected chi connectivity index (χ2v) is 6.87. The SMILES string of the molecule is CC1(C)COC(=O)SCCNC(=O)CCNC(=O)[C@@H]1OC(=O)CN. The van der Waals surface area contributed by atoms with E-state index < -0.39 is 28.7 Å². The molecule has 136 valence electrons. The average molecular weight is 361 g/mol. The predicted molar refractivity (Wildman–Crippen MR) is 87.2 cm³/mol. The largest absolute Gasteiger partial charge is 0.457 e. The van der Waals surface area contributed by atoms with Gasteiger partial charge in [0.1, 0.15) is 6.61 Å². The van der Waals surface area contributed by atoms with Crippen molar-refractivity contribution in [3.8, 4) is 0 Å². The van der Waals surface area contributed by atoms with Gasteiger partial charge in [-0.15, -0.1) is 0 Å². The van der Waals surface area contributed by atoms with E-state index in [-0.39, 0.29) is 32.0 Å². The van der Waals surface area contributed by atoms with Crippen molar-refractivity contribution >= 4 is 34.8 Å². The lowest BCUT2D eigenvalue weighted by Gasteiger charge is -2.32. The van der Waals surface area contributed by atoms with Crippen LogP contribution in [-0.2, 0) is 23.9 Å². The second kappa shape index (κ2) is 9.48. The highest BCUT2D eigenvalue weighted by atomic mass is 32.2. The summed E-state index contributed by atoms with van der Waals surface area (Å²) in [6.07, 6.45) is -1.11. The molecule has 0 saturated carbocycles. The summed E-state index contributed by atoms with van der Waals surface area (Å²) in [6.45, 7) is 3.21. The first-order valence-electron chi connectivity index (χ1n) is 7.50. The molecule has 9 nitrogen and oxygen atoms in total.